The fourth-order valence-electron chi connectivity index (χ4n) is 2.00. The zero-order chi connectivity index (χ0) is 7.97. The van der Waals surface area contributed by atoms with E-state index in [4.69, 9.17) is 9.47 Å². The van der Waals surface area contributed by atoms with E-state index in [0.717, 1.165) is 18.8 Å². The third kappa shape index (κ3) is 0.730. The molecule has 0 radical (unpaired) electrons. The quantitative estimate of drug-likeness (QED) is 0.580. The van der Waals surface area contributed by atoms with Crippen molar-refractivity contribution in [3.05, 3.63) is 29.8 Å². The molecule has 2 heteroatoms. The Hall–Kier alpha value is -1.02. The summed E-state index contributed by atoms with van der Waals surface area (Å²) in [4.78, 5) is 0. The van der Waals surface area contributed by atoms with Crippen LogP contribution >= 0.6 is 0 Å². The maximum absolute atomic E-state index is 5.61. The molecule has 2 nitrogen and oxygen atoms in total. The highest BCUT2D eigenvalue weighted by atomic mass is 16.7. The number of rotatable bonds is 0. The highest BCUT2D eigenvalue weighted by molar-refractivity contribution is 5.40. The minimum Gasteiger partial charge on any atom is -0.464 e. The number of hydrogen-bond acceptors (Lipinski definition) is 2. The molecule has 1 aromatic carbocycles. The number of fused-ring (bicyclic) bond motifs is 3. The summed E-state index contributed by atoms with van der Waals surface area (Å²) >= 11 is 0. The summed E-state index contributed by atoms with van der Waals surface area (Å²) in [5, 5.41) is 0. The van der Waals surface area contributed by atoms with Crippen molar-refractivity contribution in [3.63, 3.8) is 0 Å². The fraction of sp³-hybridized carbons (Fsp3) is 0.400. The number of benzene rings is 1. The van der Waals surface area contributed by atoms with E-state index < -0.39 is 0 Å². The highest BCUT2D eigenvalue weighted by Crippen LogP contribution is 2.43. The Kier molecular flexibility index (Phi) is 1.21. The monoisotopic (exact) mass is 162 g/mol. The first kappa shape index (κ1) is 6.49. The molecular weight excluding hydrogens is 152 g/mol. The van der Waals surface area contributed by atoms with Gasteiger partial charge in [0.2, 0.25) is 6.29 Å². The molecule has 0 saturated carbocycles. The van der Waals surface area contributed by atoms with Crippen LogP contribution in [0, 0.1) is 0 Å². The van der Waals surface area contributed by atoms with Crippen molar-refractivity contribution in [2.45, 2.75) is 18.6 Å². The molecule has 0 aromatic heterocycles. The number of hydrogen-bond donors (Lipinski definition) is 0. The van der Waals surface area contributed by atoms with Gasteiger partial charge in [0.05, 0.1) is 12.5 Å². The molecular formula is C10H10O2. The normalized spacial score (nSPS) is 31.0. The van der Waals surface area contributed by atoms with Gasteiger partial charge in [-0.05, 0) is 12.5 Å². The average Bonchev–Trinajstić information content (AvgIpc) is 2.62. The van der Waals surface area contributed by atoms with Gasteiger partial charge in [0.15, 0.2) is 0 Å². The first-order valence-electron chi connectivity index (χ1n) is 4.32. The van der Waals surface area contributed by atoms with E-state index in [1.54, 1.807) is 0 Å². The smallest absolute Gasteiger partial charge is 0.206 e. The first-order valence-corrected chi connectivity index (χ1v) is 4.32. The Morgan fingerprint density at radius 2 is 2.17 bits per heavy atom. The molecule has 3 rings (SSSR count). The minimum absolute atomic E-state index is 0.00222. The van der Waals surface area contributed by atoms with E-state index in [9.17, 15) is 0 Å². The summed E-state index contributed by atoms with van der Waals surface area (Å²) in [5.41, 5.74) is 1.32. The standard InChI is InChI=1S/C10H10O2/c1-2-4-9-7(3-1)8-5-6-11-10(8)12-9/h1-4,8,10H,5-6H2/t8-,10+/m0/s1. The Morgan fingerprint density at radius 1 is 1.25 bits per heavy atom. The zero-order valence-corrected chi connectivity index (χ0v) is 6.69. The van der Waals surface area contributed by atoms with Gasteiger partial charge in [-0.3, -0.25) is 0 Å². The minimum atomic E-state index is 0.00222. The lowest BCUT2D eigenvalue weighted by Crippen LogP contribution is -2.13. The lowest BCUT2D eigenvalue weighted by molar-refractivity contribution is -0.0337. The van der Waals surface area contributed by atoms with Gasteiger partial charge < -0.3 is 9.47 Å². The molecule has 0 amide bonds. The van der Waals surface area contributed by atoms with Crippen LogP contribution in [-0.4, -0.2) is 12.9 Å². The first-order chi connectivity index (χ1) is 5.95. The lowest BCUT2D eigenvalue weighted by atomic mass is 9.99. The van der Waals surface area contributed by atoms with E-state index in [1.165, 1.54) is 5.56 Å². The van der Waals surface area contributed by atoms with Crippen LogP contribution in [0.15, 0.2) is 24.3 Å². The van der Waals surface area contributed by atoms with Crippen molar-refractivity contribution in [2.24, 2.45) is 0 Å². The summed E-state index contributed by atoms with van der Waals surface area (Å²) < 4.78 is 11.0. The summed E-state index contributed by atoms with van der Waals surface area (Å²) in [6.07, 6.45) is 1.10. The van der Waals surface area contributed by atoms with Gasteiger partial charge >= 0.3 is 0 Å². The van der Waals surface area contributed by atoms with E-state index >= 15 is 0 Å². The van der Waals surface area contributed by atoms with Crippen LogP contribution in [0.25, 0.3) is 0 Å². The van der Waals surface area contributed by atoms with Gasteiger partial charge in [-0.1, -0.05) is 18.2 Å². The van der Waals surface area contributed by atoms with Gasteiger partial charge in [0, 0.05) is 5.56 Å². The van der Waals surface area contributed by atoms with Crippen molar-refractivity contribution < 1.29 is 9.47 Å². The summed E-state index contributed by atoms with van der Waals surface area (Å²) in [7, 11) is 0. The second-order valence-electron chi connectivity index (χ2n) is 3.29. The molecule has 0 aliphatic carbocycles. The van der Waals surface area contributed by atoms with Crippen LogP contribution in [0.4, 0.5) is 0 Å². The summed E-state index contributed by atoms with van der Waals surface area (Å²) in [5.74, 6) is 1.49. The van der Waals surface area contributed by atoms with Crippen LogP contribution in [-0.2, 0) is 4.74 Å². The maximum Gasteiger partial charge on any atom is 0.206 e. The lowest BCUT2D eigenvalue weighted by Gasteiger charge is -2.06. The van der Waals surface area contributed by atoms with Crippen molar-refractivity contribution in [1.82, 2.24) is 0 Å². The Labute approximate surface area is 71.1 Å². The zero-order valence-electron chi connectivity index (χ0n) is 6.69. The van der Waals surface area contributed by atoms with E-state index in [2.05, 4.69) is 12.1 Å². The SMILES string of the molecule is c1ccc2c(c1)O[C@H]1OCC[C@@H]21. The van der Waals surface area contributed by atoms with Crippen LogP contribution < -0.4 is 4.74 Å². The average molecular weight is 162 g/mol. The van der Waals surface area contributed by atoms with Gasteiger partial charge in [0.1, 0.15) is 5.75 Å². The molecule has 2 aliphatic heterocycles. The molecule has 0 bridgehead atoms. The Morgan fingerprint density at radius 3 is 3.17 bits per heavy atom. The molecule has 0 spiro atoms. The molecule has 2 aliphatic rings. The van der Waals surface area contributed by atoms with Crippen LogP contribution in [0.1, 0.15) is 17.9 Å². The molecule has 12 heavy (non-hydrogen) atoms. The van der Waals surface area contributed by atoms with Crippen LogP contribution in [0.2, 0.25) is 0 Å². The fourth-order valence-corrected chi connectivity index (χ4v) is 2.00. The molecule has 1 saturated heterocycles. The van der Waals surface area contributed by atoms with Crippen molar-refractivity contribution >= 4 is 0 Å². The highest BCUT2D eigenvalue weighted by Gasteiger charge is 2.38. The van der Waals surface area contributed by atoms with Crippen molar-refractivity contribution in [3.8, 4) is 5.75 Å². The summed E-state index contributed by atoms with van der Waals surface area (Å²) in [6, 6.07) is 8.20. The van der Waals surface area contributed by atoms with Gasteiger partial charge in [-0.15, -0.1) is 0 Å². The van der Waals surface area contributed by atoms with Crippen molar-refractivity contribution in [2.75, 3.05) is 6.61 Å². The van der Waals surface area contributed by atoms with Crippen molar-refractivity contribution in [1.29, 1.82) is 0 Å². The van der Waals surface area contributed by atoms with Gasteiger partial charge in [-0.25, -0.2) is 0 Å². The van der Waals surface area contributed by atoms with Gasteiger partial charge in [0.25, 0.3) is 0 Å². The van der Waals surface area contributed by atoms with E-state index in [-0.39, 0.29) is 6.29 Å². The van der Waals surface area contributed by atoms with E-state index in [1.807, 2.05) is 12.1 Å². The third-order valence-electron chi connectivity index (χ3n) is 2.60. The molecule has 2 atom stereocenters. The second kappa shape index (κ2) is 2.23. The second-order valence-corrected chi connectivity index (χ2v) is 3.29. The molecule has 1 aromatic rings. The third-order valence-corrected chi connectivity index (χ3v) is 2.60. The molecule has 1 fully saturated rings. The Balaban J connectivity index is 2.09. The largest absolute Gasteiger partial charge is 0.464 e. The Bertz CT molecular complexity index is 308. The molecule has 0 unspecified atom stereocenters. The predicted molar refractivity (Wildman–Crippen MR) is 44.2 cm³/mol. The molecule has 2 heterocycles. The number of ether oxygens (including phenoxy) is 2. The molecule has 62 valence electrons. The van der Waals surface area contributed by atoms with E-state index in [0.29, 0.717) is 5.92 Å². The summed E-state index contributed by atoms with van der Waals surface area (Å²) in [6.45, 7) is 0.837. The topological polar surface area (TPSA) is 18.5 Å². The van der Waals surface area contributed by atoms with Crippen LogP contribution in [0.5, 0.6) is 5.75 Å². The van der Waals surface area contributed by atoms with Gasteiger partial charge in [-0.2, -0.15) is 0 Å². The predicted octanol–water partition coefficient (Wildman–Crippen LogP) is 1.91. The van der Waals surface area contributed by atoms with Crippen LogP contribution in [0.3, 0.4) is 0 Å². The molecule has 0 N–H and O–H groups in total. The maximum atomic E-state index is 5.61. The number of para-hydroxylation sites is 1.